The molecule has 0 bridgehead atoms. The van der Waals surface area contributed by atoms with Gasteiger partial charge in [-0.3, -0.25) is 4.79 Å². The number of rotatable bonds is 1. The second kappa shape index (κ2) is 6.43. The Hall–Kier alpha value is -2.49. The van der Waals surface area contributed by atoms with E-state index in [0.717, 1.165) is 0 Å². The molecule has 0 aromatic rings. The van der Waals surface area contributed by atoms with Crippen molar-refractivity contribution >= 4 is 11.9 Å². The number of fused-ring (bicyclic) bond motifs is 1. The summed E-state index contributed by atoms with van der Waals surface area (Å²) in [4.78, 5) is 26.4. The number of likely N-dealkylation sites (tertiary alicyclic amines) is 1. The minimum Gasteiger partial charge on any atom is -0.450 e. The summed E-state index contributed by atoms with van der Waals surface area (Å²) in [5.41, 5.74) is 6.19. The second-order valence-electron chi connectivity index (χ2n) is 6.96. The van der Waals surface area contributed by atoms with Crippen LogP contribution in [0.25, 0.3) is 0 Å². The van der Waals surface area contributed by atoms with E-state index < -0.39 is 5.41 Å². The van der Waals surface area contributed by atoms with Gasteiger partial charge in [0.1, 0.15) is 17.4 Å². The molecule has 2 N–H and O–H groups in total. The number of hydrogen-bond acceptors (Lipinski definition) is 6. The van der Waals surface area contributed by atoms with Crippen molar-refractivity contribution in [1.29, 1.82) is 5.26 Å². The molecular formula is C18H23N3O4. The molecule has 2 aliphatic heterocycles. The van der Waals surface area contributed by atoms with Crippen LogP contribution in [0.15, 0.2) is 22.8 Å². The van der Waals surface area contributed by atoms with Crippen molar-refractivity contribution in [2.24, 2.45) is 17.1 Å². The molecule has 1 amide bonds. The first-order valence-electron chi connectivity index (χ1n) is 8.69. The third kappa shape index (κ3) is 2.76. The number of nitriles is 1. The van der Waals surface area contributed by atoms with Gasteiger partial charge in [-0.15, -0.1) is 0 Å². The summed E-state index contributed by atoms with van der Waals surface area (Å²) in [5.74, 6) is 0.913. The Labute approximate surface area is 147 Å². The molecule has 1 fully saturated rings. The van der Waals surface area contributed by atoms with Crippen LogP contribution in [0.1, 0.15) is 39.5 Å². The summed E-state index contributed by atoms with van der Waals surface area (Å²) in [5, 5.41) is 9.66. The number of nitrogens with two attached hydrogens (primary N) is 1. The van der Waals surface area contributed by atoms with E-state index in [1.807, 2.05) is 6.92 Å². The minimum atomic E-state index is -0.743. The van der Waals surface area contributed by atoms with Crippen LogP contribution in [0.5, 0.6) is 0 Å². The number of piperidine rings is 1. The molecule has 1 atom stereocenters. The maximum Gasteiger partial charge on any atom is 0.409 e. The normalized spacial score (nSPS) is 25.4. The zero-order valence-corrected chi connectivity index (χ0v) is 14.6. The fourth-order valence-electron chi connectivity index (χ4n) is 4.18. The molecule has 3 rings (SSSR count). The standard InChI is InChI=1S/C18H23N3O4/c1-3-24-17(23)21-6-4-18(5-7-21)12(10-19)16(20)25-14-9-11(2)8-13(22)15(14)18/h11H,3-9,20H2,1-2H3/t11-/m1/s1. The molecule has 1 aliphatic carbocycles. The van der Waals surface area contributed by atoms with Crippen molar-refractivity contribution in [3.05, 3.63) is 22.8 Å². The lowest BCUT2D eigenvalue weighted by atomic mass is 9.62. The third-order valence-electron chi connectivity index (χ3n) is 5.32. The van der Waals surface area contributed by atoms with Gasteiger partial charge in [-0.1, -0.05) is 6.92 Å². The molecule has 2 heterocycles. The summed E-state index contributed by atoms with van der Waals surface area (Å²) < 4.78 is 10.7. The Morgan fingerprint density at radius 3 is 2.72 bits per heavy atom. The van der Waals surface area contributed by atoms with Crippen LogP contribution in [0, 0.1) is 22.7 Å². The van der Waals surface area contributed by atoms with E-state index in [9.17, 15) is 14.9 Å². The molecule has 25 heavy (non-hydrogen) atoms. The van der Waals surface area contributed by atoms with Crippen molar-refractivity contribution in [2.45, 2.75) is 39.5 Å². The van der Waals surface area contributed by atoms with Crippen molar-refractivity contribution in [1.82, 2.24) is 4.90 Å². The first-order valence-corrected chi connectivity index (χ1v) is 8.69. The van der Waals surface area contributed by atoms with Gasteiger partial charge >= 0.3 is 6.09 Å². The number of nitrogens with zero attached hydrogens (tertiary/aromatic N) is 2. The Morgan fingerprint density at radius 2 is 2.12 bits per heavy atom. The maximum absolute atomic E-state index is 12.8. The monoisotopic (exact) mass is 345 g/mol. The predicted molar refractivity (Wildman–Crippen MR) is 88.6 cm³/mol. The Kier molecular flexibility index (Phi) is 4.46. The predicted octanol–water partition coefficient (Wildman–Crippen LogP) is 2.20. The van der Waals surface area contributed by atoms with Gasteiger partial charge in [0, 0.05) is 36.9 Å². The lowest BCUT2D eigenvalue weighted by molar-refractivity contribution is -0.118. The molecule has 0 unspecified atom stereocenters. The summed E-state index contributed by atoms with van der Waals surface area (Å²) in [7, 11) is 0. The molecular weight excluding hydrogens is 322 g/mol. The number of allylic oxidation sites excluding steroid dienone is 3. The van der Waals surface area contributed by atoms with E-state index in [2.05, 4.69) is 6.07 Å². The van der Waals surface area contributed by atoms with Gasteiger partial charge in [-0.2, -0.15) is 5.26 Å². The van der Waals surface area contributed by atoms with Crippen molar-refractivity contribution in [3.8, 4) is 6.07 Å². The Morgan fingerprint density at radius 1 is 1.44 bits per heavy atom. The molecule has 134 valence electrons. The molecule has 3 aliphatic rings. The van der Waals surface area contributed by atoms with Crippen molar-refractivity contribution < 1.29 is 19.1 Å². The zero-order valence-electron chi connectivity index (χ0n) is 14.6. The zero-order chi connectivity index (χ0) is 18.2. The summed E-state index contributed by atoms with van der Waals surface area (Å²) >= 11 is 0. The van der Waals surface area contributed by atoms with Gasteiger partial charge in [-0.05, 0) is 25.7 Å². The average Bonchev–Trinajstić information content (AvgIpc) is 2.55. The highest BCUT2D eigenvalue weighted by molar-refractivity contribution is 5.99. The van der Waals surface area contributed by atoms with Crippen LogP contribution in [-0.4, -0.2) is 36.5 Å². The van der Waals surface area contributed by atoms with E-state index in [0.29, 0.717) is 62.3 Å². The molecule has 7 heteroatoms. The minimum absolute atomic E-state index is 0.0265. The second-order valence-corrected chi connectivity index (χ2v) is 6.96. The van der Waals surface area contributed by atoms with Gasteiger partial charge in [0.05, 0.1) is 6.61 Å². The number of ether oxygens (including phenoxy) is 2. The van der Waals surface area contributed by atoms with Gasteiger partial charge in [0.2, 0.25) is 5.88 Å². The largest absolute Gasteiger partial charge is 0.450 e. The van der Waals surface area contributed by atoms with E-state index in [1.54, 1.807) is 11.8 Å². The number of ketones is 1. The van der Waals surface area contributed by atoms with Crippen LogP contribution in [0.4, 0.5) is 4.79 Å². The van der Waals surface area contributed by atoms with Crippen LogP contribution < -0.4 is 5.73 Å². The van der Waals surface area contributed by atoms with Gasteiger partial charge in [0.15, 0.2) is 5.78 Å². The Bertz CT molecular complexity index is 708. The van der Waals surface area contributed by atoms with E-state index in [-0.39, 0.29) is 23.7 Å². The smallest absolute Gasteiger partial charge is 0.409 e. The van der Waals surface area contributed by atoms with Crippen molar-refractivity contribution in [2.75, 3.05) is 19.7 Å². The molecule has 0 aromatic carbocycles. The highest BCUT2D eigenvalue weighted by Gasteiger charge is 2.51. The van der Waals surface area contributed by atoms with Crippen LogP contribution in [-0.2, 0) is 14.3 Å². The quantitative estimate of drug-likeness (QED) is 0.781. The summed E-state index contributed by atoms with van der Waals surface area (Å²) in [6.07, 6.45) is 1.67. The number of Topliss-reactive ketones (excluding diaryl/α,β-unsaturated/α-hetero) is 1. The number of carbonyl (C=O) groups excluding carboxylic acids is 2. The van der Waals surface area contributed by atoms with Gasteiger partial charge in [0.25, 0.3) is 0 Å². The lowest BCUT2D eigenvalue weighted by Crippen LogP contribution is -2.48. The van der Waals surface area contributed by atoms with Crippen LogP contribution in [0.2, 0.25) is 0 Å². The topological polar surface area (TPSA) is 106 Å². The van der Waals surface area contributed by atoms with Crippen LogP contribution >= 0.6 is 0 Å². The number of amides is 1. The number of carbonyl (C=O) groups is 2. The van der Waals surface area contributed by atoms with Gasteiger partial charge < -0.3 is 20.1 Å². The highest BCUT2D eigenvalue weighted by Crippen LogP contribution is 2.52. The molecule has 7 nitrogen and oxygen atoms in total. The Balaban J connectivity index is 1.96. The summed E-state index contributed by atoms with van der Waals surface area (Å²) in [6.45, 7) is 4.91. The molecule has 0 radical (unpaired) electrons. The fourth-order valence-corrected chi connectivity index (χ4v) is 4.18. The third-order valence-corrected chi connectivity index (χ3v) is 5.32. The number of hydrogen-bond donors (Lipinski definition) is 1. The molecule has 0 saturated carbocycles. The summed E-state index contributed by atoms with van der Waals surface area (Å²) in [6, 6.07) is 2.16. The molecule has 0 aromatic heterocycles. The van der Waals surface area contributed by atoms with E-state index >= 15 is 0 Å². The molecule has 1 saturated heterocycles. The van der Waals surface area contributed by atoms with E-state index in [4.69, 9.17) is 15.2 Å². The van der Waals surface area contributed by atoms with Crippen LogP contribution in [0.3, 0.4) is 0 Å². The van der Waals surface area contributed by atoms with Crippen molar-refractivity contribution in [3.63, 3.8) is 0 Å². The average molecular weight is 345 g/mol. The maximum atomic E-state index is 12.8. The van der Waals surface area contributed by atoms with E-state index in [1.165, 1.54) is 0 Å². The first kappa shape index (κ1) is 17.3. The molecule has 1 spiro atoms. The highest BCUT2D eigenvalue weighted by atomic mass is 16.6. The van der Waals surface area contributed by atoms with Gasteiger partial charge in [-0.25, -0.2) is 4.79 Å². The fraction of sp³-hybridized carbons (Fsp3) is 0.611. The first-order chi connectivity index (χ1) is 11.9. The lowest BCUT2D eigenvalue weighted by Gasteiger charge is -2.46. The SMILES string of the molecule is CCOC(=O)N1CCC2(CC1)C(C#N)=C(N)OC1=C2C(=O)C[C@@H](C)C1.